The zero-order valence-electron chi connectivity index (χ0n) is 19.6. The molecule has 0 aromatic heterocycles. The lowest BCUT2D eigenvalue weighted by atomic mass is 9.87. The Morgan fingerprint density at radius 2 is 1.97 bits per heavy atom. The predicted octanol–water partition coefficient (Wildman–Crippen LogP) is 1.02. The minimum absolute atomic E-state index is 0.0961. The first-order chi connectivity index (χ1) is 15.9. The Hall–Kier alpha value is -2.65. The molecule has 5 unspecified atom stereocenters. The van der Waals surface area contributed by atoms with Crippen LogP contribution in [0.15, 0.2) is 18.2 Å². The van der Waals surface area contributed by atoms with Crippen LogP contribution in [-0.2, 0) is 25.5 Å². The van der Waals surface area contributed by atoms with E-state index in [4.69, 9.17) is 9.47 Å². The number of benzene rings is 1. The van der Waals surface area contributed by atoms with Crippen molar-refractivity contribution in [3.8, 4) is 5.75 Å². The Kier molecular flexibility index (Phi) is 7.19. The normalized spacial score (nSPS) is 27.7. The summed E-state index contributed by atoms with van der Waals surface area (Å²) in [6.45, 7) is 2.09. The molecule has 4 rings (SSSR count). The zero-order valence-corrected chi connectivity index (χ0v) is 19.6. The standard InChI is InChI=1S/C24H34N4O5/c1-14(25-2)22(29)27-19-11-12-33-21-10-9-20(28(21)24(19)31)23(30)26-18-6-4-5-15-13-16(32-3)7-8-17(15)18/h7-8,13-14,18-21,25H,4-6,9-12H2,1-3H3,(H,26,30)(H,27,29). The van der Waals surface area contributed by atoms with Crippen molar-refractivity contribution < 1.29 is 23.9 Å². The van der Waals surface area contributed by atoms with Gasteiger partial charge in [-0.15, -0.1) is 0 Å². The molecule has 2 heterocycles. The molecule has 2 saturated heterocycles. The number of carbonyl (C=O) groups is 3. The molecule has 0 bridgehead atoms. The third kappa shape index (κ3) is 4.84. The number of hydrogen-bond acceptors (Lipinski definition) is 6. The summed E-state index contributed by atoms with van der Waals surface area (Å²) in [5.74, 6) is 0.148. The third-order valence-corrected chi connectivity index (χ3v) is 7.03. The topological polar surface area (TPSA) is 109 Å². The van der Waals surface area contributed by atoms with Gasteiger partial charge in [0.05, 0.1) is 25.8 Å². The SMILES string of the molecule is CNC(C)C(=O)NC1CCOC2CCC(C(=O)NC3CCCc4cc(OC)ccc43)N2C1=O. The molecule has 1 aromatic rings. The van der Waals surface area contributed by atoms with Crippen LogP contribution < -0.4 is 20.7 Å². The minimum Gasteiger partial charge on any atom is -0.497 e. The Morgan fingerprint density at radius 3 is 2.73 bits per heavy atom. The van der Waals surface area contributed by atoms with Crippen molar-refractivity contribution in [1.29, 1.82) is 0 Å². The number of hydrogen-bond donors (Lipinski definition) is 3. The number of rotatable bonds is 6. The number of aryl methyl sites for hydroxylation is 1. The van der Waals surface area contributed by atoms with E-state index in [9.17, 15) is 14.4 Å². The Morgan fingerprint density at radius 1 is 1.15 bits per heavy atom. The third-order valence-electron chi connectivity index (χ3n) is 7.03. The molecule has 9 nitrogen and oxygen atoms in total. The van der Waals surface area contributed by atoms with E-state index >= 15 is 0 Å². The van der Waals surface area contributed by atoms with Crippen molar-refractivity contribution >= 4 is 17.7 Å². The molecule has 0 radical (unpaired) electrons. The van der Waals surface area contributed by atoms with Gasteiger partial charge in [0, 0.05) is 6.42 Å². The molecule has 1 aromatic carbocycles. The Labute approximate surface area is 194 Å². The van der Waals surface area contributed by atoms with Crippen LogP contribution in [0.1, 0.15) is 56.2 Å². The number of likely N-dealkylation sites (N-methyl/N-ethyl adjacent to an activating group) is 1. The summed E-state index contributed by atoms with van der Waals surface area (Å²) in [7, 11) is 3.34. The summed E-state index contributed by atoms with van der Waals surface area (Å²) < 4.78 is 11.2. The van der Waals surface area contributed by atoms with Crippen LogP contribution in [-0.4, -0.2) is 67.7 Å². The Balaban J connectivity index is 1.47. The number of fused-ring (bicyclic) bond motifs is 2. The number of carbonyl (C=O) groups excluding carboxylic acids is 3. The highest BCUT2D eigenvalue weighted by Gasteiger charge is 2.46. The molecule has 33 heavy (non-hydrogen) atoms. The van der Waals surface area contributed by atoms with Crippen LogP contribution >= 0.6 is 0 Å². The van der Waals surface area contributed by atoms with Crippen molar-refractivity contribution in [2.24, 2.45) is 0 Å². The first-order valence-corrected chi connectivity index (χ1v) is 11.8. The highest BCUT2D eigenvalue weighted by molar-refractivity contribution is 5.93. The van der Waals surface area contributed by atoms with Crippen molar-refractivity contribution in [3.05, 3.63) is 29.3 Å². The average molecular weight is 459 g/mol. The van der Waals surface area contributed by atoms with Crippen LogP contribution in [0.4, 0.5) is 0 Å². The van der Waals surface area contributed by atoms with Gasteiger partial charge in [0.25, 0.3) is 0 Å². The van der Waals surface area contributed by atoms with Gasteiger partial charge in [-0.2, -0.15) is 0 Å². The van der Waals surface area contributed by atoms with Crippen LogP contribution in [0.5, 0.6) is 5.75 Å². The molecule has 180 valence electrons. The van der Waals surface area contributed by atoms with Crippen molar-refractivity contribution in [2.75, 3.05) is 20.8 Å². The lowest BCUT2D eigenvalue weighted by molar-refractivity contribution is -0.149. The van der Waals surface area contributed by atoms with Crippen molar-refractivity contribution in [1.82, 2.24) is 20.9 Å². The molecular formula is C24H34N4O5. The summed E-state index contributed by atoms with van der Waals surface area (Å²) >= 11 is 0. The highest BCUT2D eigenvalue weighted by atomic mass is 16.5. The van der Waals surface area contributed by atoms with Gasteiger partial charge in [-0.1, -0.05) is 6.07 Å². The van der Waals surface area contributed by atoms with Gasteiger partial charge in [0.2, 0.25) is 17.7 Å². The summed E-state index contributed by atoms with van der Waals surface area (Å²) in [6, 6.07) is 4.15. The maximum atomic E-state index is 13.4. The first-order valence-electron chi connectivity index (χ1n) is 11.8. The largest absolute Gasteiger partial charge is 0.497 e. The monoisotopic (exact) mass is 458 g/mol. The molecule has 3 N–H and O–H groups in total. The summed E-state index contributed by atoms with van der Waals surface area (Å²) in [6.07, 6.45) is 3.89. The maximum Gasteiger partial charge on any atom is 0.247 e. The molecule has 0 spiro atoms. The summed E-state index contributed by atoms with van der Waals surface area (Å²) in [5, 5.41) is 8.88. The molecule has 5 atom stereocenters. The fraction of sp³-hybridized carbons (Fsp3) is 0.625. The fourth-order valence-electron chi connectivity index (χ4n) is 5.02. The van der Waals surface area contributed by atoms with Crippen LogP contribution in [0.25, 0.3) is 0 Å². The van der Waals surface area contributed by atoms with E-state index in [2.05, 4.69) is 16.0 Å². The molecule has 3 amide bonds. The predicted molar refractivity (Wildman–Crippen MR) is 121 cm³/mol. The van der Waals surface area contributed by atoms with Crippen LogP contribution in [0, 0.1) is 0 Å². The minimum atomic E-state index is -0.699. The highest BCUT2D eigenvalue weighted by Crippen LogP contribution is 2.34. The van der Waals surface area contributed by atoms with Gasteiger partial charge in [0.1, 0.15) is 24.1 Å². The zero-order chi connectivity index (χ0) is 23.5. The number of amides is 3. The molecular weight excluding hydrogens is 424 g/mol. The molecule has 1 aliphatic carbocycles. The van der Waals surface area contributed by atoms with Gasteiger partial charge in [-0.05, 0) is 69.3 Å². The van der Waals surface area contributed by atoms with E-state index in [-0.39, 0.29) is 23.8 Å². The lowest BCUT2D eigenvalue weighted by Crippen LogP contribution is -2.56. The number of nitrogens with zero attached hydrogens (tertiary/aromatic N) is 1. The van der Waals surface area contributed by atoms with Crippen molar-refractivity contribution in [2.45, 2.75) is 75.8 Å². The maximum absolute atomic E-state index is 13.4. The summed E-state index contributed by atoms with van der Waals surface area (Å²) in [4.78, 5) is 40.6. The van der Waals surface area contributed by atoms with Gasteiger partial charge in [0.15, 0.2) is 0 Å². The fourth-order valence-corrected chi connectivity index (χ4v) is 5.02. The number of ether oxygens (including phenoxy) is 2. The van der Waals surface area contributed by atoms with E-state index in [1.165, 1.54) is 5.56 Å². The molecule has 2 fully saturated rings. The Bertz CT molecular complexity index is 907. The van der Waals surface area contributed by atoms with Gasteiger partial charge < -0.3 is 30.3 Å². The molecule has 3 aliphatic rings. The lowest BCUT2D eigenvalue weighted by Gasteiger charge is -2.32. The van der Waals surface area contributed by atoms with Crippen LogP contribution in [0.3, 0.4) is 0 Å². The molecule has 2 aliphatic heterocycles. The van der Waals surface area contributed by atoms with E-state index in [1.807, 2.05) is 18.2 Å². The molecule has 0 saturated carbocycles. The second-order valence-corrected chi connectivity index (χ2v) is 9.04. The average Bonchev–Trinajstić information content (AvgIpc) is 3.19. The van der Waals surface area contributed by atoms with E-state index in [1.54, 1.807) is 26.0 Å². The first kappa shape index (κ1) is 23.5. The van der Waals surface area contributed by atoms with E-state index < -0.39 is 24.4 Å². The quantitative estimate of drug-likeness (QED) is 0.587. The number of nitrogens with one attached hydrogen (secondary N) is 3. The van der Waals surface area contributed by atoms with Gasteiger partial charge in [-0.25, -0.2) is 0 Å². The van der Waals surface area contributed by atoms with E-state index in [0.29, 0.717) is 25.9 Å². The smallest absolute Gasteiger partial charge is 0.247 e. The number of methoxy groups -OCH3 is 1. The second kappa shape index (κ2) is 10.1. The van der Waals surface area contributed by atoms with Gasteiger partial charge >= 0.3 is 0 Å². The van der Waals surface area contributed by atoms with Crippen LogP contribution in [0.2, 0.25) is 0 Å². The van der Waals surface area contributed by atoms with Crippen molar-refractivity contribution in [3.63, 3.8) is 0 Å². The second-order valence-electron chi connectivity index (χ2n) is 9.04. The van der Waals surface area contributed by atoms with Gasteiger partial charge in [-0.3, -0.25) is 14.4 Å². The van der Waals surface area contributed by atoms with E-state index in [0.717, 1.165) is 30.6 Å². The molecule has 9 heteroatoms. The summed E-state index contributed by atoms with van der Waals surface area (Å²) in [5.41, 5.74) is 2.29.